The molecule has 0 spiro atoms. The Balaban J connectivity index is 0. The molecule has 0 saturated carbocycles. The molecular weight excluding hydrogens is 182 g/mol. The van der Waals surface area contributed by atoms with Crippen molar-refractivity contribution in [3.05, 3.63) is 0 Å². The normalized spacial score (nSPS) is 13.1. The molecule has 0 amide bonds. The van der Waals surface area contributed by atoms with E-state index in [1.807, 2.05) is 20.8 Å². The van der Waals surface area contributed by atoms with Crippen molar-refractivity contribution in [2.45, 2.75) is 46.1 Å². The Morgan fingerprint density at radius 2 is 1.64 bits per heavy atom. The van der Waals surface area contributed by atoms with Gasteiger partial charge in [0.15, 0.2) is 0 Å². The lowest BCUT2D eigenvalue weighted by Crippen LogP contribution is -2.48. The Labute approximate surface area is 86.2 Å². The number of aliphatic carboxylic acids is 1. The quantitative estimate of drug-likeness (QED) is 0.710. The van der Waals surface area contributed by atoms with Crippen molar-refractivity contribution in [1.82, 2.24) is 6.15 Å². The van der Waals surface area contributed by atoms with Gasteiger partial charge in [0, 0.05) is 12.5 Å². The van der Waals surface area contributed by atoms with Crippen molar-refractivity contribution in [2.24, 2.45) is 5.41 Å². The fraction of sp³-hybridized carbons (Fsp3) is 0.900. The van der Waals surface area contributed by atoms with Gasteiger partial charge in [0.25, 0.3) is 0 Å². The number of rotatable bonds is 6. The monoisotopic (exact) mass is 205 g/mol. The van der Waals surface area contributed by atoms with Gasteiger partial charge in [-0.1, -0.05) is 20.8 Å². The van der Waals surface area contributed by atoms with E-state index in [-0.39, 0.29) is 11.6 Å². The highest BCUT2D eigenvalue weighted by molar-refractivity contribution is 5.71. The van der Waals surface area contributed by atoms with Crippen LogP contribution in [0.25, 0.3) is 0 Å². The predicted molar refractivity (Wildman–Crippen MR) is 55.1 cm³/mol. The number of ether oxygens (including phenoxy) is 1. The summed E-state index contributed by atoms with van der Waals surface area (Å²) < 4.78 is 4.99. The van der Waals surface area contributed by atoms with Crippen LogP contribution in [-0.4, -0.2) is 19.2 Å². The molecule has 0 aliphatic heterocycles. The van der Waals surface area contributed by atoms with Crippen molar-refractivity contribution in [1.29, 1.82) is 0 Å². The molecule has 86 valence electrons. The van der Waals surface area contributed by atoms with E-state index in [0.717, 1.165) is 19.3 Å². The number of carbonyl (C=O) groups excluding carboxylic acids is 1. The fourth-order valence-electron chi connectivity index (χ4n) is 1.90. The van der Waals surface area contributed by atoms with Gasteiger partial charge in [-0.15, -0.1) is 0 Å². The van der Waals surface area contributed by atoms with Gasteiger partial charge >= 0.3 is 0 Å². The third kappa shape index (κ3) is 2.96. The lowest BCUT2D eigenvalue weighted by Gasteiger charge is -2.38. The number of hydrogen-bond donors (Lipinski definition) is 1. The molecule has 4 nitrogen and oxygen atoms in total. The first-order valence-corrected chi connectivity index (χ1v) is 4.81. The summed E-state index contributed by atoms with van der Waals surface area (Å²) in [6.45, 7) is 5.96. The van der Waals surface area contributed by atoms with Crippen molar-refractivity contribution < 1.29 is 14.6 Å². The molecule has 0 aromatic carbocycles. The highest BCUT2D eigenvalue weighted by Crippen LogP contribution is 2.35. The molecule has 0 aromatic heterocycles. The molecule has 0 radical (unpaired) electrons. The van der Waals surface area contributed by atoms with E-state index in [0.29, 0.717) is 0 Å². The molecule has 0 aromatic rings. The first-order valence-electron chi connectivity index (χ1n) is 4.81. The third-order valence-corrected chi connectivity index (χ3v) is 3.12. The van der Waals surface area contributed by atoms with Gasteiger partial charge < -0.3 is 20.8 Å². The number of carboxylic acids is 1. The topological polar surface area (TPSA) is 85.9 Å². The van der Waals surface area contributed by atoms with Crippen LogP contribution >= 0.6 is 0 Å². The summed E-state index contributed by atoms with van der Waals surface area (Å²) in [4.78, 5) is 10.8. The van der Waals surface area contributed by atoms with Gasteiger partial charge in [0.1, 0.15) is 6.10 Å². The summed E-state index contributed by atoms with van der Waals surface area (Å²) in [6, 6.07) is 0. The van der Waals surface area contributed by atoms with E-state index < -0.39 is 12.1 Å². The van der Waals surface area contributed by atoms with Crippen LogP contribution in [0.1, 0.15) is 40.0 Å². The number of hydrogen-bond acceptors (Lipinski definition) is 3. The molecule has 0 aliphatic rings. The van der Waals surface area contributed by atoms with Crippen LogP contribution in [-0.2, 0) is 9.53 Å². The minimum Gasteiger partial charge on any atom is -0.547 e. The predicted octanol–water partition coefficient (Wildman–Crippen LogP) is 1.34. The van der Waals surface area contributed by atoms with E-state index in [1.54, 1.807) is 0 Å². The van der Waals surface area contributed by atoms with E-state index in [1.165, 1.54) is 7.11 Å². The lowest BCUT2D eigenvalue weighted by atomic mass is 9.75. The molecule has 1 unspecified atom stereocenters. The fourth-order valence-corrected chi connectivity index (χ4v) is 1.90. The second-order valence-electron chi connectivity index (χ2n) is 3.36. The van der Waals surface area contributed by atoms with Gasteiger partial charge in [0.05, 0.1) is 5.97 Å². The maximum Gasteiger partial charge on any atom is 0.102 e. The van der Waals surface area contributed by atoms with Crippen LogP contribution in [0.5, 0.6) is 0 Å². The van der Waals surface area contributed by atoms with Crippen LogP contribution < -0.4 is 11.3 Å². The zero-order valence-corrected chi connectivity index (χ0v) is 9.92. The Bertz CT molecular complexity index is 158. The second kappa shape index (κ2) is 6.79. The molecule has 1 atom stereocenters. The van der Waals surface area contributed by atoms with E-state index in [2.05, 4.69) is 0 Å². The first-order chi connectivity index (χ1) is 6.07. The number of methoxy groups -OCH3 is 1. The molecule has 4 heteroatoms. The van der Waals surface area contributed by atoms with Crippen LogP contribution in [0.15, 0.2) is 0 Å². The zero-order chi connectivity index (χ0) is 10.5. The summed E-state index contributed by atoms with van der Waals surface area (Å²) in [5.74, 6) is -1.10. The summed E-state index contributed by atoms with van der Waals surface area (Å²) in [7, 11) is 1.43. The Morgan fingerprint density at radius 1 is 1.29 bits per heavy atom. The maximum absolute atomic E-state index is 10.8. The van der Waals surface area contributed by atoms with Crippen LogP contribution in [0, 0.1) is 5.41 Å². The van der Waals surface area contributed by atoms with Gasteiger partial charge in [-0.3, -0.25) is 0 Å². The lowest BCUT2D eigenvalue weighted by molar-refractivity contribution is -0.321. The summed E-state index contributed by atoms with van der Waals surface area (Å²) in [5, 5.41) is 10.8. The largest absolute Gasteiger partial charge is 0.547 e. The van der Waals surface area contributed by atoms with Gasteiger partial charge in [-0.2, -0.15) is 0 Å². The molecule has 0 fully saturated rings. The minimum absolute atomic E-state index is 0. The molecule has 0 saturated heterocycles. The average molecular weight is 205 g/mol. The molecule has 0 bridgehead atoms. The standard InChI is InChI=1S/C10H20O3.H3N/c1-5-10(6-2,7-3)8(13-4)9(11)12;/h8H,5-7H2,1-4H3,(H,11,12);1H3. The smallest absolute Gasteiger partial charge is 0.102 e. The molecule has 0 aliphatic carbocycles. The number of quaternary nitrogens is 1. The summed E-state index contributed by atoms with van der Waals surface area (Å²) >= 11 is 0. The molecule has 0 heterocycles. The number of carbonyl (C=O) groups is 1. The van der Waals surface area contributed by atoms with Gasteiger partial charge in [-0.05, 0) is 19.3 Å². The van der Waals surface area contributed by atoms with Crippen molar-refractivity contribution in [3.63, 3.8) is 0 Å². The highest BCUT2D eigenvalue weighted by Gasteiger charge is 2.34. The van der Waals surface area contributed by atoms with Crippen molar-refractivity contribution >= 4 is 5.97 Å². The van der Waals surface area contributed by atoms with Crippen LogP contribution in [0.2, 0.25) is 0 Å². The summed E-state index contributed by atoms with van der Waals surface area (Å²) in [6.07, 6.45) is 1.61. The van der Waals surface area contributed by atoms with Crippen molar-refractivity contribution in [2.75, 3.05) is 7.11 Å². The minimum atomic E-state index is -1.10. The third-order valence-electron chi connectivity index (χ3n) is 3.12. The van der Waals surface area contributed by atoms with E-state index in [4.69, 9.17) is 4.74 Å². The highest BCUT2D eigenvalue weighted by atomic mass is 16.5. The Hall–Kier alpha value is -0.610. The molecule has 14 heavy (non-hydrogen) atoms. The SMILES string of the molecule is CCC(CC)(CC)C(OC)C(=O)[O-].[NH4+]. The van der Waals surface area contributed by atoms with Crippen LogP contribution in [0.4, 0.5) is 0 Å². The second-order valence-corrected chi connectivity index (χ2v) is 3.36. The zero-order valence-electron chi connectivity index (χ0n) is 9.92. The average Bonchev–Trinajstić information content (AvgIpc) is 2.13. The molecule has 4 N–H and O–H groups in total. The van der Waals surface area contributed by atoms with Crippen LogP contribution in [0.3, 0.4) is 0 Å². The first kappa shape index (κ1) is 15.8. The molecule has 0 rings (SSSR count). The summed E-state index contributed by atoms with van der Waals surface area (Å²) in [5.41, 5.74) is -0.270. The van der Waals surface area contributed by atoms with Gasteiger partial charge in [-0.25, -0.2) is 0 Å². The Kier molecular flexibility index (Phi) is 7.68. The molecular formula is C10H23NO3. The van der Waals surface area contributed by atoms with Gasteiger partial charge in [0.2, 0.25) is 0 Å². The Morgan fingerprint density at radius 3 is 1.71 bits per heavy atom. The number of carboxylic acid groups (broad SMARTS) is 1. The van der Waals surface area contributed by atoms with E-state index >= 15 is 0 Å². The maximum atomic E-state index is 10.8. The van der Waals surface area contributed by atoms with E-state index in [9.17, 15) is 9.90 Å². The van der Waals surface area contributed by atoms with Crippen molar-refractivity contribution in [3.8, 4) is 0 Å².